The number of aromatic amines is 2. The molecule has 5 rings (SSSR count). The zero-order chi connectivity index (χ0) is 29.6. The molecule has 0 unspecified atom stereocenters. The van der Waals surface area contributed by atoms with E-state index in [1.54, 1.807) is 42.6 Å². The Kier molecular flexibility index (Phi) is 8.97. The molecule has 3 aromatic heterocycles. The third-order valence-corrected chi connectivity index (χ3v) is 7.36. The number of aromatic nitrogens is 4. The second-order valence-corrected chi connectivity index (χ2v) is 10.8. The van der Waals surface area contributed by atoms with Crippen LogP contribution in [0.2, 0.25) is 5.02 Å². The lowest BCUT2D eigenvalue weighted by Gasteiger charge is -2.19. The first-order chi connectivity index (χ1) is 20.3. The zero-order valence-corrected chi connectivity index (χ0v) is 23.8. The summed E-state index contributed by atoms with van der Waals surface area (Å²) in [6.07, 6.45) is 15.2. The molecule has 10 heteroatoms. The molecule has 8 nitrogen and oxygen atoms in total. The van der Waals surface area contributed by atoms with Crippen LogP contribution in [0.1, 0.15) is 39.0 Å². The van der Waals surface area contributed by atoms with E-state index in [0.29, 0.717) is 33.5 Å². The Balaban J connectivity index is 1.56. The summed E-state index contributed by atoms with van der Waals surface area (Å²) < 4.78 is 21.3. The van der Waals surface area contributed by atoms with Crippen LogP contribution in [0, 0.1) is 5.92 Å². The molecular weight excluding hydrogens is 559 g/mol. The van der Waals surface area contributed by atoms with Gasteiger partial charge in [-0.1, -0.05) is 36.9 Å². The number of H-pyrrole nitrogens is 2. The van der Waals surface area contributed by atoms with Crippen molar-refractivity contribution >= 4 is 11.6 Å². The fraction of sp³-hybridized carbons (Fsp3) is 0.250. The molecule has 216 valence electrons. The highest BCUT2D eigenvalue weighted by Gasteiger charge is 2.16. The molecule has 1 aliphatic carbocycles. The molecule has 42 heavy (non-hydrogen) atoms. The van der Waals surface area contributed by atoms with Crippen LogP contribution in [0.4, 0.5) is 4.39 Å². The molecule has 1 saturated carbocycles. The first-order valence-electron chi connectivity index (χ1n) is 13.7. The first kappa shape index (κ1) is 29.0. The van der Waals surface area contributed by atoms with Gasteiger partial charge in [0.15, 0.2) is 0 Å². The standard InChI is InChI=1S/C32H30ClFN4O4/c1-20(34)10-22(11-21-6-3-2-4-7-21)19-42-27-13-23(12-25(33)15-27)28-14-24(29-17-36-32(41)37-30(29)39)18-38(31(28)40)26-8-5-9-35-16-26/h5,8-18,21H,2-4,6-7,19H2,1H3,(H2,36,37,39,41)/b20-10+,22-11+. The fourth-order valence-corrected chi connectivity index (χ4v) is 5.44. The van der Waals surface area contributed by atoms with Crippen molar-refractivity contribution in [2.45, 2.75) is 39.0 Å². The number of nitrogens with one attached hydrogen (secondary N) is 2. The maximum atomic E-state index is 13.9. The minimum atomic E-state index is -0.643. The Morgan fingerprint density at radius 2 is 1.93 bits per heavy atom. The molecule has 0 saturated heterocycles. The lowest BCUT2D eigenvalue weighted by Crippen LogP contribution is -2.24. The van der Waals surface area contributed by atoms with Gasteiger partial charge in [-0.3, -0.25) is 24.1 Å². The first-order valence-corrected chi connectivity index (χ1v) is 14.1. The van der Waals surface area contributed by atoms with Crippen molar-refractivity contribution in [2.75, 3.05) is 6.61 Å². The van der Waals surface area contributed by atoms with E-state index < -0.39 is 11.2 Å². The molecule has 0 aliphatic heterocycles. The van der Waals surface area contributed by atoms with Crippen molar-refractivity contribution in [2.24, 2.45) is 5.92 Å². The summed E-state index contributed by atoms with van der Waals surface area (Å²) in [5, 5.41) is 0.331. The van der Waals surface area contributed by atoms with Crippen molar-refractivity contribution in [3.8, 4) is 33.7 Å². The maximum absolute atomic E-state index is 13.9. The summed E-state index contributed by atoms with van der Waals surface area (Å²) in [6.45, 7) is 1.53. The predicted molar refractivity (Wildman–Crippen MR) is 162 cm³/mol. The van der Waals surface area contributed by atoms with E-state index in [0.717, 1.165) is 31.3 Å². The van der Waals surface area contributed by atoms with Crippen molar-refractivity contribution < 1.29 is 9.13 Å². The van der Waals surface area contributed by atoms with Crippen LogP contribution in [0.3, 0.4) is 0 Å². The molecule has 4 aromatic rings. The molecule has 0 atom stereocenters. The van der Waals surface area contributed by atoms with Gasteiger partial charge in [-0.2, -0.15) is 0 Å². The number of ether oxygens (including phenoxy) is 1. The number of benzene rings is 1. The van der Waals surface area contributed by atoms with E-state index in [9.17, 15) is 18.8 Å². The average Bonchev–Trinajstić information content (AvgIpc) is 2.97. The van der Waals surface area contributed by atoms with Crippen LogP contribution in [0.15, 0.2) is 99.1 Å². The Morgan fingerprint density at radius 1 is 1.12 bits per heavy atom. The molecule has 0 radical (unpaired) electrons. The molecule has 3 heterocycles. The SMILES string of the molecule is C/C(F)=C\C(=C/C1CCCCC1)COc1cc(Cl)cc(-c2cc(-c3c[nH]c(=O)[nH]c3=O)cn(-c3cccnc3)c2=O)c1. The van der Waals surface area contributed by atoms with Crippen molar-refractivity contribution in [3.05, 3.63) is 121 Å². The smallest absolute Gasteiger partial charge is 0.325 e. The number of hydrogen-bond donors (Lipinski definition) is 2. The number of nitrogens with zero attached hydrogens (tertiary/aromatic N) is 2. The summed E-state index contributed by atoms with van der Waals surface area (Å²) in [4.78, 5) is 46.8. The van der Waals surface area contributed by atoms with Gasteiger partial charge in [0.25, 0.3) is 11.1 Å². The van der Waals surface area contributed by atoms with Gasteiger partial charge in [-0.25, -0.2) is 9.18 Å². The third kappa shape index (κ3) is 7.03. The molecule has 0 bridgehead atoms. The van der Waals surface area contributed by atoms with E-state index in [4.69, 9.17) is 16.3 Å². The minimum absolute atomic E-state index is 0.129. The topological polar surface area (TPSA) is 110 Å². The maximum Gasteiger partial charge on any atom is 0.325 e. The van der Waals surface area contributed by atoms with Crippen LogP contribution >= 0.6 is 11.6 Å². The van der Waals surface area contributed by atoms with Gasteiger partial charge < -0.3 is 9.72 Å². The Bertz CT molecular complexity index is 1810. The van der Waals surface area contributed by atoms with E-state index in [1.807, 2.05) is 0 Å². The van der Waals surface area contributed by atoms with Gasteiger partial charge in [-0.05, 0) is 79.3 Å². The number of halogens is 2. The van der Waals surface area contributed by atoms with Crippen LogP contribution < -0.4 is 21.5 Å². The molecular formula is C32H30ClFN4O4. The average molecular weight is 589 g/mol. The van der Waals surface area contributed by atoms with E-state index in [-0.39, 0.29) is 29.1 Å². The number of allylic oxidation sites excluding steroid dienone is 2. The Morgan fingerprint density at radius 3 is 2.64 bits per heavy atom. The second kappa shape index (κ2) is 13.0. The summed E-state index contributed by atoms with van der Waals surface area (Å²) in [7, 11) is 0. The largest absolute Gasteiger partial charge is 0.489 e. The van der Waals surface area contributed by atoms with Crippen molar-refractivity contribution in [1.82, 2.24) is 19.5 Å². The van der Waals surface area contributed by atoms with Crippen LogP contribution in [-0.4, -0.2) is 26.1 Å². The van der Waals surface area contributed by atoms with Crippen LogP contribution in [0.5, 0.6) is 5.75 Å². The number of rotatable bonds is 8. The highest BCUT2D eigenvalue weighted by atomic mass is 35.5. The fourth-order valence-electron chi connectivity index (χ4n) is 5.21. The van der Waals surface area contributed by atoms with E-state index in [1.165, 1.54) is 42.6 Å². The molecule has 0 amide bonds. The molecule has 1 aromatic carbocycles. The second-order valence-electron chi connectivity index (χ2n) is 10.3. The quantitative estimate of drug-likeness (QED) is 0.233. The Labute approximate surface area is 246 Å². The predicted octanol–water partition coefficient (Wildman–Crippen LogP) is 6.36. The van der Waals surface area contributed by atoms with E-state index in [2.05, 4.69) is 21.0 Å². The van der Waals surface area contributed by atoms with Crippen LogP contribution in [0.25, 0.3) is 27.9 Å². The lowest BCUT2D eigenvalue weighted by atomic mass is 9.88. The molecule has 2 N–H and O–H groups in total. The van der Waals surface area contributed by atoms with Gasteiger partial charge in [-0.15, -0.1) is 0 Å². The molecule has 1 fully saturated rings. The number of pyridine rings is 2. The van der Waals surface area contributed by atoms with Gasteiger partial charge in [0.05, 0.1) is 23.3 Å². The van der Waals surface area contributed by atoms with Crippen molar-refractivity contribution in [3.63, 3.8) is 0 Å². The van der Waals surface area contributed by atoms with Gasteiger partial charge in [0.1, 0.15) is 12.4 Å². The van der Waals surface area contributed by atoms with E-state index >= 15 is 0 Å². The van der Waals surface area contributed by atoms with Gasteiger partial charge >= 0.3 is 5.69 Å². The van der Waals surface area contributed by atoms with Crippen molar-refractivity contribution in [1.29, 1.82) is 0 Å². The molecule has 0 spiro atoms. The highest BCUT2D eigenvalue weighted by molar-refractivity contribution is 6.31. The van der Waals surface area contributed by atoms with Gasteiger partial charge in [0.2, 0.25) is 0 Å². The Hall–Kier alpha value is -4.50. The number of hydrogen-bond acceptors (Lipinski definition) is 5. The lowest BCUT2D eigenvalue weighted by molar-refractivity contribution is 0.351. The summed E-state index contributed by atoms with van der Waals surface area (Å²) in [5.74, 6) is 0.474. The van der Waals surface area contributed by atoms with Gasteiger partial charge in [0, 0.05) is 34.7 Å². The molecule has 1 aliphatic rings. The summed E-state index contributed by atoms with van der Waals surface area (Å²) in [5.41, 5.74) is 0.838. The summed E-state index contributed by atoms with van der Waals surface area (Å²) >= 11 is 6.48. The zero-order valence-electron chi connectivity index (χ0n) is 23.0. The normalized spacial score (nSPS) is 14.6. The third-order valence-electron chi connectivity index (χ3n) is 7.14. The monoisotopic (exact) mass is 588 g/mol. The minimum Gasteiger partial charge on any atom is -0.489 e. The summed E-state index contributed by atoms with van der Waals surface area (Å²) in [6, 6.07) is 9.91. The highest BCUT2D eigenvalue weighted by Crippen LogP contribution is 2.30. The van der Waals surface area contributed by atoms with Crippen LogP contribution in [-0.2, 0) is 0 Å².